The van der Waals surface area contributed by atoms with E-state index in [0.29, 0.717) is 0 Å². The molecule has 0 amide bonds. The summed E-state index contributed by atoms with van der Waals surface area (Å²) in [6.45, 7) is 13.3. The first-order valence-electron chi connectivity index (χ1n) is 12.1. The quantitative estimate of drug-likeness (QED) is 0.146. The molecule has 0 aliphatic carbocycles. The molecule has 0 bridgehead atoms. The largest absolute Gasteiger partial charge is 4.00 e. The Morgan fingerprint density at radius 2 is 0.941 bits per heavy atom. The maximum absolute atomic E-state index is 2.36. The van der Waals surface area contributed by atoms with Crippen LogP contribution < -0.4 is 0 Å². The smallest absolute Gasteiger partial charge is 0.358 e. The summed E-state index contributed by atoms with van der Waals surface area (Å²) in [7, 11) is 1.08. The van der Waals surface area contributed by atoms with Gasteiger partial charge in [-0.1, -0.05) is 78.6 Å². The second-order valence-electron chi connectivity index (χ2n) is 8.18. The molecule has 2 heteroatoms. The fraction of sp³-hybridized carbons (Fsp3) is 0.375. The Balaban J connectivity index is 0. The van der Waals surface area contributed by atoms with E-state index in [1.165, 1.54) is 47.2 Å². The zero-order valence-electron chi connectivity index (χ0n) is 23.0. The predicted molar refractivity (Wildman–Crippen MR) is 156 cm³/mol. The van der Waals surface area contributed by atoms with Crippen LogP contribution in [0.1, 0.15) is 62.8 Å². The molecule has 0 spiro atoms. The fourth-order valence-corrected chi connectivity index (χ4v) is 4.51. The maximum Gasteiger partial charge on any atom is 4.00 e. The van der Waals surface area contributed by atoms with Gasteiger partial charge >= 0.3 is 25.8 Å². The minimum absolute atomic E-state index is 0. The van der Waals surface area contributed by atoms with Crippen LogP contribution in [0.15, 0.2) is 60.7 Å². The minimum Gasteiger partial charge on any atom is -0.358 e. The second-order valence-corrected chi connectivity index (χ2v) is 9.18. The zero-order chi connectivity index (χ0) is 22.6. The molecule has 0 saturated heterocycles. The van der Waals surface area contributed by atoms with Crippen LogP contribution in [0, 0.1) is 14.9 Å². The standard InChI is InChI=1S/2C14H17.C2H6Si.2CH3.Hf/c2*1-3-7-11-10-12-8-5-6-9-14(12)13(11)4-2;1-3-2;;;/h2*5-6,8-10H,3-4,7H2,1-2H3;1-2H3;2*1H3;/q2*-1;;2*-1;+4. The SMILES string of the molecule is CCCc1[cH-]c2ccccc2c1CC.CCCc1[cH-]c2ccccc2c1CC.C[Si]C.[CH3-].[CH3-].[Hf+4]. The molecule has 0 nitrogen and oxygen atoms in total. The van der Waals surface area contributed by atoms with Crippen molar-refractivity contribution in [1.82, 2.24) is 0 Å². The first-order valence-corrected chi connectivity index (χ1v) is 14.1. The molecule has 4 aromatic rings. The first-order chi connectivity index (χ1) is 15.1. The van der Waals surface area contributed by atoms with Crippen LogP contribution >= 0.6 is 0 Å². The van der Waals surface area contributed by atoms with Crippen molar-refractivity contribution in [3.8, 4) is 0 Å². The summed E-state index contributed by atoms with van der Waals surface area (Å²) in [5, 5.41) is 5.73. The molecule has 0 unspecified atom stereocenters. The number of hydrogen-bond acceptors (Lipinski definition) is 0. The minimum atomic E-state index is 0. The number of fused-ring (bicyclic) bond motifs is 2. The monoisotopic (exact) mass is 638 g/mol. The van der Waals surface area contributed by atoms with Crippen molar-refractivity contribution in [1.29, 1.82) is 0 Å². The van der Waals surface area contributed by atoms with E-state index in [9.17, 15) is 0 Å². The third-order valence-corrected chi connectivity index (χ3v) is 5.75. The van der Waals surface area contributed by atoms with E-state index in [2.05, 4.69) is 101 Å². The summed E-state index contributed by atoms with van der Waals surface area (Å²) in [6, 6.07) is 22.2. The van der Waals surface area contributed by atoms with Gasteiger partial charge < -0.3 is 14.9 Å². The van der Waals surface area contributed by atoms with Crippen molar-refractivity contribution in [3.63, 3.8) is 0 Å². The average molecular weight is 637 g/mol. The number of hydrogen-bond donors (Lipinski definition) is 0. The van der Waals surface area contributed by atoms with E-state index in [0.717, 1.165) is 22.4 Å². The molecule has 0 saturated carbocycles. The molecule has 2 radical (unpaired) electrons. The molecule has 0 heterocycles. The molecule has 0 aliphatic rings. The van der Waals surface area contributed by atoms with Crippen LogP contribution in [0.25, 0.3) is 21.5 Å². The van der Waals surface area contributed by atoms with Gasteiger partial charge in [-0.2, -0.15) is 11.1 Å². The van der Waals surface area contributed by atoms with E-state index in [1.54, 1.807) is 22.3 Å². The van der Waals surface area contributed by atoms with Gasteiger partial charge in [0.15, 0.2) is 0 Å². The van der Waals surface area contributed by atoms with Gasteiger partial charge in [0.2, 0.25) is 0 Å². The van der Waals surface area contributed by atoms with Crippen molar-refractivity contribution >= 4 is 31.1 Å². The van der Waals surface area contributed by atoms with Gasteiger partial charge in [-0.25, -0.2) is 0 Å². The Kier molecular flexibility index (Phi) is 19.5. The summed E-state index contributed by atoms with van der Waals surface area (Å²) >= 11 is 0. The molecule has 0 N–H and O–H groups in total. The molecular weight excluding hydrogens is 591 g/mol. The van der Waals surface area contributed by atoms with Gasteiger partial charge in [-0.05, 0) is 12.8 Å². The van der Waals surface area contributed by atoms with E-state index < -0.39 is 0 Å². The summed E-state index contributed by atoms with van der Waals surface area (Å²) < 4.78 is 0. The molecule has 0 aliphatic heterocycles. The Morgan fingerprint density at radius 3 is 1.24 bits per heavy atom. The average Bonchev–Trinajstić information content (AvgIpc) is 3.32. The van der Waals surface area contributed by atoms with Gasteiger partial charge in [-0.3, -0.25) is 0 Å². The van der Waals surface area contributed by atoms with Gasteiger partial charge in [0.05, 0.1) is 0 Å². The summed E-state index contributed by atoms with van der Waals surface area (Å²) in [5.74, 6) is 0. The van der Waals surface area contributed by atoms with Crippen LogP contribution in [0.5, 0.6) is 0 Å². The Labute approximate surface area is 232 Å². The zero-order valence-corrected chi connectivity index (χ0v) is 27.6. The van der Waals surface area contributed by atoms with E-state index in [4.69, 9.17) is 0 Å². The fourth-order valence-electron chi connectivity index (χ4n) is 4.51. The van der Waals surface area contributed by atoms with Crippen molar-refractivity contribution < 1.29 is 25.8 Å². The molecular formula is C32H46HfSi. The molecule has 4 aromatic carbocycles. The Bertz CT molecular complexity index is 954. The molecule has 182 valence electrons. The van der Waals surface area contributed by atoms with Crippen LogP contribution in [-0.2, 0) is 51.5 Å². The van der Waals surface area contributed by atoms with Crippen LogP contribution in [-0.4, -0.2) is 9.52 Å². The van der Waals surface area contributed by atoms with Crippen molar-refractivity contribution in [2.24, 2.45) is 0 Å². The van der Waals surface area contributed by atoms with Crippen molar-refractivity contribution in [3.05, 3.63) is 97.8 Å². The van der Waals surface area contributed by atoms with Crippen LogP contribution in [0.4, 0.5) is 0 Å². The van der Waals surface area contributed by atoms with E-state index in [1.807, 2.05) is 0 Å². The van der Waals surface area contributed by atoms with Crippen molar-refractivity contribution in [2.75, 3.05) is 0 Å². The number of benzene rings is 2. The molecule has 34 heavy (non-hydrogen) atoms. The predicted octanol–water partition coefficient (Wildman–Crippen LogP) is 9.83. The summed E-state index contributed by atoms with van der Waals surface area (Å²) in [6.07, 6.45) is 7.23. The van der Waals surface area contributed by atoms with E-state index in [-0.39, 0.29) is 40.7 Å². The van der Waals surface area contributed by atoms with Crippen LogP contribution in [0.2, 0.25) is 13.1 Å². The van der Waals surface area contributed by atoms with Gasteiger partial charge in [0, 0.05) is 9.52 Å². The molecule has 0 atom stereocenters. The first kappa shape index (κ1) is 34.9. The second kappa shape index (κ2) is 19.0. The van der Waals surface area contributed by atoms with Gasteiger partial charge in [0.1, 0.15) is 0 Å². The van der Waals surface area contributed by atoms with E-state index >= 15 is 0 Å². The van der Waals surface area contributed by atoms with Crippen molar-refractivity contribution in [2.45, 2.75) is 79.3 Å². The summed E-state index contributed by atoms with van der Waals surface area (Å²) in [5.41, 5.74) is 6.22. The third-order valence-electron chi connectivity index (χ3n) is 5.75. The summed E-state index contributed by atoms with van der Waals surface area (Å²) in [4.78, 5) is 0. The number of aryl methyl sites for hydroxylation is 4. The molecule has 0 aromatic heterocycles. The number of rotatable bonds is 6. The topological polar surface area (TPSA) is 0 Å². The molecule has 0 fully saturated rings. The maximum atomic E-state index is 2.36. The van der Waals surface area contributed by atoms with Crippen LogP contribution in [0.3, 0.4) is 0 Å². The third kappa shape index (κ3) is 9.08. The van der Waals surface area contributed by atoms with Gasteiger partial charge in [0.25, 0.3) is 0 Å². The van der Waals surface area contributed by atoms with Gasteiger partial charge in [-0.15, -0.1) is 81.2 Å². The Morgan fingerprint density at radius 1 is 0.618 bits per heavy atom. The molecule has 4 rings (SSSR count). The normalized spacial score (nSPS) is 9.59. The Hall–Kier alpha value is -1.25.